The quantitative estimate of drug-likeness (QED) is 0.609. The van der Waals surface area contributed by atoms with Crippen molar-refractivity contribution in [3.8, 4) is 0 Å². The molecule has 0 saturated heterocycles. The summed E-state index contributed by atoms with van der Waals surface area (Å²) in [6.45, 7) is 10.6. The highest BCUT2D eigenvalue weighted by molar-refractivity contribution is 5.65. The van der Waals surface area contributed by atoms with Crippen molar-refractivity contribution in [1.29, 1.82) is 0 Å². The molecule has 0 radical (unpaired) electrons. The number of carbonyl (C=O) groups is 1. The molecule has 72 valence electrons. The van der Waals surface area contributed by atoms with Gasteiger partial charge in [-0.15, -0.1) is 0 Å². The van der Waals surface area contributed by atoms with E-state index in [1.807, 2.05) is 0 Å². The second-order valence-corrected chi connectivity index (χ2v) is 4.54. The van der Waals surface area contributed by atoms with Crippen LogP contribution < -0.4 is 0 Å². The van der Waals surface area contributed by atoms with Crippen molar-refractivity contribution in [1.82, 2.24) is 0 Å². The zero-order chi connectivity index (χ0) is 9.78. The average molecular weight is 172 g/mol. The molecule has 2 nitrogen and oxygen atoms in total. The molecule has 0 saturated carbocycles. The number of esters is 1. The monoisotopic (exact) mass is 172 g/mol. The molecular formula is C10H20O2. The molecule has 0 rings (SSSR count). The predicted octanol–water partition coefficient (Wildman–Crippen LogP) is 2.62. The lowest BCUT2D eigenvalue weighted by Crippen LogP contribution is -2.22. The lowest BCUT2D eigenvalue weighted by Gasteiger charge is -2.25. The van der Waals surface area contributed by atoms with Crippen molar-refractivity contribution in [3.63, 3.8) is 0 Å². The molecule has 2 heteroatoms. The largest absolute Gasteiger partial charge is 0.465 e. The first kappa shape index (κ1) is 11.5. The van der Waals surface area contributed by atoms with E-state index in [2.05, 4.69) is 27.7 Å². The number of hydrogen-bond donors (Lipinski definition) is 0. The molecule has 0 aromatic heterocycles. The van der Waals surface area contributed by atoms with Gasteiger partial charge in [0.1, 0.15) is 0 Å². The molecule has 0 atom stereocenters. The Hall–Kier alpha value is -0.530. The summed E-state index contributed by atoms with van der Waals surface area (Å²) in [7, 11) is 0. The minimum Gasteiger partial charge on any atom is -0.465 e. The van der Waals surface area contributed by atoms with Crippen LogP contribution in [0.2, 0.25) is 0 Å². The van der Waals surface area contributed by atoms with Crippen LogP contribution in [-0.4, -0.2) is 12.6 Å². The number of ether oxygens (including phenoxy) is 1. The second kappa shape index (κ2) is 4.48. The Balaban J connectivity index is 3.78. The first-order chi connectivity index (χ1) is 5.33. The van der Waals surface area contributed by atoms with Crippen LogP contribution in [-0.2, 0) is 9.53 Å². The molecule has 0 fully saturated rings. The molecular weight excluding hydrogens is 152 g/mol. The molecule has 0 aliphatic carbocycles. The van der Waals surface area contributed by atoms with Gasteiger partial charge >= 0.3 is 5.97 Å². The predicted molar refractivity (Wildman–Crippen MR) is 49.9 cm³/mol. The zero-order valence-electron chi connectivity index (χ0n) is 8.81. The van der Waals surface area contributed by atoms with Crippen LogP contribution in [0.4, 0.5) is 0 Å². The Labute approximate surface area is 75.3 Å². The van der Waals surface area contributed by atoms with Gasteiger partial charge in [0.05, 0.1) is 6.61 Å². The van der Waals surface area contributed by atoms with Gasteiger partial charge in [0.25, 0.3) is 0 Å². The Kier molecular flexibility index (Phi) is 4.29. The maximum Gasteiger partial charge on any atom is 0.302 e. The molecule has 0 spiro atoms. The molecule has 0 bridgehead atoms. The van der Waals surface area contributed by atoms with Crippen LogP contribution in [0.1, 0.15) is 41.0 Å². The zero-order valence-corrected chi connectivity index (χ0v) is 8.81. The molecule has 12 heavy (non-hydrogen) atoms. The summed E-state index contributed by atoms with van der Waals surface area (Å²) in [4.78, 5) is 10.6. The van der Waals surface area contributed by atoms with E-state index in [0.29, 0.717) is 12.5 Å². The van der Waals surface area contributed by atoms with Crippen molar-refractivity contribution in [2.45, 2.75) is 41.0 Å². The molecule has 0 heterocycles. The van der Waals surface area contributed by atoms with Gasteiger partial charge < -0.3 is 4.74 Å². The van der Waals surface area contributed by atoms with Gasteiger partial charge in [-0.2, -0.15) is 0 Å². The second-order valence-electron chi connectivity index (χ2n) is 4.54. The van der Waals surface area contributed by atoms with E-state index in [9.17, 15) is 4.79 Å². The smallest absolute Gasteiger partial charge is 0.302 e. The van der Waals surface area contributed by atoms with Gasteiger partial charge in [-0.25, -0.2) is 0 Å². The average Bonchev–Trinajstić information content (AvgIpc) is 1.81. The molecule has 0 unspecified atom stereocenters. The maximum atomic E-state index is 10.6. The molecule has 0 aromatic carbocycles. The fourth-order valence-electron chi connectivity index (χ4n) is 1.46. The Bertz CT molecular complexity index is 148. The van der Waals surface area contributed by atoms with E-state index >= 15 is 0 Å². The maximum absolute atomic E-state index is 10.6. The van der Waals surface area contributed by atoms with Crippen molar-refractivity contribution >= 4 is 5.97 Å². The molecule has 0 aromatic rings. The van der Waals surface area contributed by atoms with Crippen molar-refractivity contribution in [3.05, 3.63) is 0 Å². The minimum atomic E-state index is -0.188. The van der Waals surface area contributed by atoms with Crippen LogP contribution in [0.25, 0.3) is 0 Å². The van der Waals surface area contributed by atoms with Gasteiger partial charge in [-0.05, 0) is 17.8 Å². The van der Waals surface area contributed by atoms with E-state index in [1.54, 1.807) is 0 Å². The van der Waals surface area contributed by atoms with Gasteiger partial charge in [0.2, 0.25) is 0 Å². The van der Waals surface area contributed by atoms with Crippen LogP contribution in [0, 0.1) is 11.3 Å². The number of rotatable bonds is 4. The standard InChI is InChI=1S/C10H20O2/c1-8(2)6-10(4,5)7-12-9(3)11/h8H,6-7H2,1-5H3. The lowest BCUT2D eigenvalue weighted by molar-refractivity contribution is -0.144. The summed E-state index contributed by atoms with van der Waals surface area (Å²) in [5.74, 6) is 0.461. The summed E-state index contributed by atoms with van der Waals surface area (Å²) in [5, 5.41) is 0. The summed E-state index contributed by atoms with van der Waals surface area (Å²) < 4.78 is 4.97. The fraction of sp³-hybridized carbons (Fsp3) is 0.900. The third-order valence-corrected chi connectivity index (χ3v) is 1.63. The lowest BCUT2D eigenvalue weighted by atomic mass is 9.85. The van der Waals surface area contributed by atoms with Gasteiger partial charge in [0.15, 0.2) is 0 Å². The summed E-state index contributed by atoms with van der Waals surface area (Å²) in [5.41, 5.74) is 0.111. The molecule has 0 amide bonds. The van der Waals surface area contributed by atoms with E-state index in [0.717, 1.165) is 6.42 Å². The number of hydrogen-bond acceptors (Lipinski definition) is 2. The minimum absolute atomic E-state index is 0.111. The van der Waals surface area contributed by atoms with E-state index in [1.165, 1.54) is 6.92 Å². The van der Waals surface area contributed by atoms with Crippen molar-refractivity contribution in [2.24, 2.45) is 11.3 Å². The highest BCUT2D eigenvalue weighted by Crippen LogP contribution is 2.25. The molecule has 0 aliphatic heterocycles. The third-order valence-electron chi connectivity index (χ3n) is 1.63. The van der Waals surface area contributed by atoms with Crippen LogP contribution in [0.5, 0.6) is 0 Å². The molecule has 0 aliphatic rings. The first-order valence-electron chi connectivity index (χ1n) is 4.47. The highest BCUT2D eigenvalue weighted by atomic mass is 16.5. The Morgan fingerprint density at radius 3 is 2.25 bits per heavy atom. The van der Waals surface area contributed by atoms with Gasteiger partial charge in [-0.1, -0.05) is 27.7 Å². The molecule has 0 N–H and O–H groups in total. The van der Waals surface area contributed by atoms with Crippen molar-refractivity contribution in [2.75, 3.05) is 6.61 Å². The van der Waals surface area contributed by atoms with E-state index in [-0.39, 0.29) is 11.4 Å². The summed E-state index contributed by atoms with van der Waals surface area (Å²) in [6.07, 6.45) is 1.08. The number of carbonyl (C=O) groups excluding carboxylic acids is 1. The SMILES string of the molecule is CC(=O)OCC(C)(C)CC(C)C. The van der Waals surface area contributed by atoms with Crippen LogP contribution in [0.3, 0.4) is 0 Å². The topological polar surface area (TPSA) is 26.3 Å². The fourth-order valence-corrected chi connectivity index (χ4v) is 1.46. The third kappa shape index (κ3) is 6.20. The van der Waals surface area contributed by atoms with Gasteiger partial charge in [-0.3, -0.25) is 4.79 Å². The summed E-state index contributed by atoms with van der Waals surface area (Å²) in [6, 6.07) is 0. The van der Waals surface area contributed by atoms with E-state index < -0.39 is 0 Å². The summed E-state index contributed by atoms with van der Waals surface area (Å²) >= 11 is 0. The highest BCUT2D eigenvalue weighted by Gasteiger charge is 2.20. The Morgan fingerprint density at radius 1 is 1.42 bits per heavy atom. The van der Waals surface area contributed by atoms with Crippen molar-refractivity contribution < 1.29 is 9.53 Å². The first-order valence-corrected chi connectivity index (χ1v) is 4.47. The van der Waals surface area contributed by atoms with Crippen LogP contribution in [0.15, 0.2) is 0 Å². The van der Waals surface area contributed by atoms with Crippen LogP contribution >= 0.6 is 0 Å². The normalized spacial score (nSPS) is 11.8. The van der Waals surface area contributed by atoms with Gasteiger partial charge in [0, 0.05) is 6.92 Å². The van der Waals surface area contributed by atoms with E-state index in [4.69, 9.17) is 4.74 Å². The Morgan fingerprint density at radius 2 is 1.92 bits per heavy atom.